The number of nitrogens with zero attached hydrogens (tertiary/aromatic N) is 1. The standard InChI is InChI=1S/C11H9NO4S.C8H8BrNO/c13-17(14,15)10-6-7-11(12-8-10)16-9-4-2-1-3-5-9;1-5-2-3-6(8(10)11)7(9)4-5/h1-8H,(H,13,14,15);2-4H,1H3,(H2,10,11). The van der Waals surface area contributed by atoms with Crippen LogP contribution < -0.4 is 10.5 Å². The summed E-state index contributed by atoms with van der Waals surface area (Å²) in [5, 5.41) is 0. The van der Waals surface area contributed by atoms with Gasteiger partial charge in [-0.05, 0) is 58.7 Å². The molecule has 2 aromatic carbocycles. The van der Waals surface area contributed by atoms with Crippen LogP contribution in [0.4, 0.5) is 0 Å². The van der Waals surface area contributed by atoms with Crippen LogP contribution in [-0.2, 0) is 10.1 Å². The molecule has 0 aliphatic heterocycles. The Morgan fingerprint density at radius 2 is 1.79 bits per heavy atom. The molecule has 9 heteroatoms. The van der Waals surface area contributed by atoms with Gasteiger partial charge in [-0.15, -0.1) is 0 Å². The largest absolute Gasteiger partial charge is 0.439 e. The van der Waals surface area contributed by atoms with Crippen molar-refractivity contribution in [2.75, 3.05) is 0 Å². The second kappa shape index (κ2) is 9.45. The summed E-state index contributed by atoms with van der Waals surface area (Å²) in [4.78, 5) is 14.2. The topological polar surface area (TPSA) is 120 Å². The molecule has 0 aliphatic rings. The van der Waals surface area contributed by atoms with E-state index in [-0.39, 0.29) is 10.8 Å². The lowest BCUT2D eigenvalue weighted by Crippen LogP contribution is -2.11. The quantitative estimate of drug-likeness (QED) is 0.563. The van der Waals surface area contributed by atoms with Crippen molar-refractivity contribution in [2.24, 2.45) is 5.73 Å². The molecule has 0 spiro atoms. The van der Waals surface area contributed by atoms with Crippen LogP contribution in [0.2, 0.25) is 0 Å². The van der Waals surface area contributed by atoms with Crippen molar-refractivity contribution in [1.29, 1.82) is 0 Å². The van der Waals surface area contributed by atoms with Crippen molar-refractivity contribution in [1.82, 2.24) is 4.98 Å². The Morgan fingerprint density at radius 3 is 2.29 bits per heavy atom. The Kier molecular flexibility index (Phi) is 7.27. The van der Waals surface area contributed by atoms with Crippen molar-refractivity contribution in [3.63, 3.8) is 0 Å². The molecule has 1 amide bonds. The molecule has 0 unspecified atom stereocenters. The van der Waals surface area contributed by atoms with E-state index in [1.807, 2.05) is 37.3 Å². The number of carbonyl (C=O) groups is 1. The van der Waals surface area contributed by atoms with E-state index in [4.69, 9.17) is 15.0 Å². The van der Waals surface area contributed by atoms with Crippen LogP contribution >= 0.6 is 15.9 Å². The number of rotatable bonds is 4. The third kappa shape index (κ3) is 6.45. The summed E-state index contributed by atoms with van der Waals surface area (Å²) in [6.45, 7) is 1.95. The normalized spacial score (nSPS) is 10.5. The number of hydrogen-bond donors (Lipinski definition) is 2. The number of halogens is 1. The lowest BCUT2D eigenvalue weighted by Gasteiger charge is -2.04. The summed E-state index contributed by atoms with van der Waals surface area (Å²) in [6.07, 6.45) is 1.04. The van der Waals surface area contributed by atoms with Gasteiger partial charge in [0, 0.05) is 10.5 Å². The number of para-hydroxylation sites is 1. The summed E-state index contributed by atoms with van der Waals surface area (Å²) >= 11 is 3.25. The zero-order valence-electron chi connectivity index (χ0n) is 14.7. The molecule has 3 rings (SSSR count). The van der Waals surface area contributed by atoms with Crippen molar-refractivity contribution in [3.05, 3.63) is 82.5 Å². The van der Waals surface area contributed by atoms with E-state index in [2.05, 4.69) is 20.9 Å². The van der Waals surface area contributed by atoms with E-state index in [0.29, 0.717) is 11.3 Å². The Balaban J connectivity index is 0.000000221. The molecule has 1 aromatic heterocycles. The van der Waals surface area contributed by atoms with Gasteiger partial charge in [-0.25, -0.2) is 4.98 Å². The SMILES string of the molecule is Cc1ccc(C(N)=O)c(Br)c1.O=S(=O)(O)c1ccc(Oc2ccccc2)nc1. The number of carbonyl (C=O) groups excluding carboxylic acids is 1. The van der Waals surface area contributed by atoms with Gasteiger partial charge in [0.2, 0.25) is 11.8 Å². The molecule has 0 fully saturated rings. The van der Waals surface area contributed by atoms with E-state index >= 15 is 0 Å². The molecule has 0 saturated carbocycles. The fourth-order valence-corrected chi connectivity index (χ4v) is 3.12. The van der Waals surface area contributed by atoms with E-state index < -0.39 is 16.0 Å². The monoisotopic (exact) mass is 464 g/mol. The summed E-state index contributed by atoms with van der Waals surface area (Å²) < 4.78 is 36.4. The first-order valence-electron chi connectivity index (χ1n) is 7.89. The fourth-order valence-electron chi connectivity index (χ4n) is 2.01. The highest BCUT2D eigenvalue weighted by Crippen LogP contribution is 2.19. The number of ether oxygens (including phenoxy) is 1. The Hall–Kier alpha value is -2.75. The highest BCUT2D eigenvalue weighted by molar-refractivity contribution is 9.10. The number of aryl methyl sites for hydroxylation is 1. The minimum atomic E-state index is -4.21. The van der Waals surface area contributed by atoms with E-state index in [9.17, 15) is 13.2 Å². The number of aromatic nitrogens is 1. The van der Waals surface area contributed by atoms with Crippen LogP contribution in [0.25, 0.3) is 0 Å². The average Bonchev–Trinajstić information content (AvgIpc) is 2.62. The van der Waals surface area contributed by atoms with Crippen molar-refractivity contribution >= 4 is 32.0 Å². The smallest absolute Gasteiger partial charge is 0.296 e. The first kappa shape index (κ1) is 21.5. The predicted molar refractivity (Wildman–Crippen MR) is 108 cm³/mol. The van der Waals surface area contributed by atoms with Gasteiger partial charge >= 0.3 is 0 Å². The Labute approximate surface area is 171 Å². The van der Waals surface area contributed by atoms with Crippen LogP contribution in [0, 0.1) is 6.92 Å². The molecule has 146 valence electrons. The zero-order chi connectivity index (χ0) is 20.7. The van der Waals surface area contributed by atoms with Gasteiger partial charge in [-0.1, -0.05) is 24.3 Å². The number of pyridine rings is 1. The molecule has 7 nitrogen and oxygen atoms in total. The maximum absolute atomic E-state index is 10.8. The number of primary amides is 1. The lowest BCUT2D eigenvalue weighted by atomic mass is 10.1. The molecular weight excluding hydrogens is 448 g/mol. The molecule has 0 atom stereocenters. The number of amides is 1. The van der Waals surface area contributed by atoms with Crippen molar-refractivity contribution in [3.8, 4) is 11.6 Å². The first-order chi connectivity index (χ1) is 13.2. The molecule has 0 radical (unpaired) electrons. The highest BCUT2D eigenvalue weighted by atomic mass is 79.9. The van der Waals surface area contributed by atoms with Crippen LogP contribution in [0.15, 0.2) is 76.2 Å². The molecule has 3 aromatic rings. The fraction of sp³-hybridized carbons (Fsp3) is 0.0526. The van der Waals surface area contributed by atoms with Gasteiger partial charge in [-0.2, -0.15) is 8.42 Å². The minimum Gasteiger partial charge on any atom is -0.439 e. The van der Waals surface area contributed by atoms with Gasteiger partial charge in [0.05, 0.1) is 11.8 Å². The number of hydrogen-bond acceptors (Lipinski definition) is 5. The molecule has 1 heterocycles. The van der Waals surface area contributed by atoms with Crippen molar-refractivity contribution in [2.45, 2.75) is 11.8 Å². The lowest BCUT2D eigenvalue weighted by molar-refractivity contribution is 0.0999. The van der Waals surface area contributed by atoms with Crippen LogP contribution in [0.3, 0.4) is 0 Å². The van der Waals surface area contributed by atoms with Crippen LogP contribution in [-0.4, -0.2) is 23.9 Å². The predicted octanol–water partition coefficient (Wildman–Crippen LogP) is 3.98. The summed E-state index contributed by atoms with van der Waals surface area (Å²) in [6, 6.07) is 17.0. The number of nitrogens with two attached hydrogens (primary N) is 1. The van der Waals surface area contributed by atoms with Gasteiger partial charge in [0.25, 0.3) is 10.1 Å². The van der Waals surface area contributed by atoms with Gasteiger partial charge in [0.15, 0.2) is 0 Å². The van der Waals surface area contributed by atoms with E-state index in [1.54, 1.807) is 18.2 Å². The summed E-state index contributed by atoms with van der Waals surface area (Å²) in [7, 11) is -4.21. The van der Waals surface area contributed by atoms with E-state index in [1.165, 1.54) is 12.1 Å². The van der Waals surface area contributed by atoms with Gasteiger partial charge in [0.1, 0.15) is 10.6 Å². The summed E-state index contributed by atoms with van der Waals surface area (Å²) in [5.74, 6) is 0.445. The molecular formula is C19H17BrN2O5S. The molecule has 0 aliphatic carbocycles. The molecule has 28 heavy (non-hydrogen) atoms. The average molecular weight is 465 g/mol. The van der Waals surface area contributed by atoms with E-state index in [0.717, 1.165) is 16.2 Å². The van der Waals surface area contributed by atoms with Crippen molar-refractivity contribution < 1.29 is 22.5 Å². The highest BCUT2D eigenvalue weighted by Gasteiger charge is 2.09. The zero-order valence-corrected chi connectivity index (χ0v) is 17.1. The number of benzene rings is 2. The first-order valence-corrected chi connectivity index (χ1v) is 10.1. The Bertz CT molecular complexity index is 1060. The second-order valence-electron chi connectivity index (χ2n) is 5.57. The minimum absolute atomic E-state index is 0.253. The second-order valence-corrected chi connectivity index (χ2v) is 7.85. The molecule has 3 N–H and O–H groups in total. The maximum Gasteiger partial charge on any atom is 0.296 e. The van der Waals surface area contributed by atoms with Crippen LogP contribution in [0.5, 0.6) is 11.6 Å². The molecule has 0 saturated heterocycles. The third-order valence-electron chi connectivity index (χ3n) is 3.36. The van der Waals surface area contributed by atoms with Crippen LogP contribution in [0.1, 0.15) is 15.9 Å². The van der Waals surface area contributed by atoms with Gasteiger partial charge in [-0.3, -0.25) is 9.35 Å². The third-order valence-corrected chi connectivity index (χ3v) is 4.86. The Morgan fingerprint density at radius 1 is 1.11 bits per heavy atom. The molecule has 0 bridgehead atoms. The maximum atomic E-state index is 10.8. The summed E-state index contributed by atoms with van der Waals surface area (Å²) in [5.41, 5.74) is 6.72. The van der Waals surface area contributed by atoms with Gasteiger partial charge < -0.3 is 10.5 Å².